The van der Waals surface area contributed by atoms with Gasteiger partial charge in [-0.3, -0.25) is 19.4 Å². The number of carbonyl (C=O) groups excluding carboxylic acids is 1. The molecule has 2 amide bonds. The molecule has 1 aliphatic rings. The molecule has 0 unspecified atom stereocenters. The number of anilines is 2. The van der Waals surface area contributed by atoms with Gasteiger partial charge in [0.1, 0.15) is 0 Å². The van der Waals surface area contributed by atoms with E-state index in [1.807, 2.05) is 37.4 Å². The summed E-state index contributed by atoms with van der Waals surface area (Å²) in [5.74, 6) is -0.111. The number of nitrogens with zero attached hydrogens (tertiary/aromatic N) is 5. The van der Waals surface area contributed by atoms with Crippen molar-refractivity contribution in [1.82, 2.24) is 14.8 Å². The molecule has 148 valence electrons. The number of carbonyl (C=O) groups is 2. The number of benzene rings is 1. The molecule has 8 nitrogen and oxygen atoms in total. The molecule has 0 radical (unpaired) electrons. The van der Waals surface area contributed by atoms with Gasteiger partial charge < -0.3 is 10.0 Å². The normalized spacial score (nSPS) is 15.9. The molecular formula is C21H21N5O3. The maximum Gasteiger partial charge on any atom is 0.411 e. The standard InChI is InChI=1S/C21H21N5O3/c1-14-11-25(21(28)29)20-9-16(6-7-19(20)26(14)15(2)27)17-10-23-24(12-17)13-18-5-3-4-8-22-18/h3-10,12,14H,11,13H2,1-2H3,(H,28,29)/t14-/m0/s1. The smallest absolute Gasteiger partial charge is 0.411 e. The molecule has 0 saturated carbocycles. The molecule has 1 atom stereocenters. The highest BCUT2D eigenvalue weighted by Gasteiger charge is 2.33. The van der Waals surface area contributed by atoms with Gasteiger partial charge in [0.25, 0.3) is 0 Å². The molecule has 2 aromatic heterocycles. The van der Waals surface area contributed by atoms with Crippen LogP contribution < -0.4 is 9.80 Å². The molecular weight excluding hydrogens is 370 g/mol. The van der Waals surface area contributed by atoms with Crippen LogP contribution >= 0.6 is 0 Å². The topological polar surface area (TPSA) is 91.6 Å². The van der Waals surface area contributed by atoms with E-state index in [9.17, 15) is 14.7 Å². The van der Waals surface area contributed by atoms with Crippen LogP contribution in [0.15, 0.2) is 55.0 Å². The Hall–Kier alpha value is -3.68. The van der Waals surface area contributed by atoms with Crippen LogP contribution in [0.3, 0.4) is 0 Å². The van der Waals surface area contributed by atoms with Gasteiger partial charge in [0.05, 0.1) is 35.9 Å². The second-order valence-corrected chi connectivity index (χ2v) is 7.08. The van der Waals surface area contributed by atoms with Crippen LogP contribution in [0.1, 0.15) is 19.5 Å². The first-order chi connectivity index (χ1) is 13.9. The highest BCUT2D eigenvalue weighted by molar-refractivity contribution is 6.02. The Morgan fingerprint density at radius 1 is 1.17 bits per heavy atom. The van der Waals surface area contributed by atoms with Crippen LogP contribution in [-0.2, 0) is 11.3 Å². The van der Waals surface area contributed by atoms with E-state index in [2.05, 4.69) is 10.1 Å². The molecule has 3 heterocycles. The molecule has 29 heavy (non-hydrogen) atoms. The van der Waals surface area contributed by atoms with Gasteiger partial charge in [-0.2, -0.15) is 5.10 Å². The lowest BCUT2D eigenvalue weighted by Gasteiger charge is -2.39. The van der Waals surface area contributed by atoms with Crippen LogP contribution in [0.25, 0.3) is 11.1 Å². The molecule has 4 rings (SSSR count). The van der Waals surface area contributed by atoms with Gasteiger partial charge in [0.2, 0.25) is 5.91 Å². The second-order valence-electron chi connectivity index (χ2n) is 7.08. The average Bonchev–Trinajstić information content (AvgIpc) is 3.15. The third-order valence-corrected chi connectivity index (χ3v) is 5.00. The first kappa shape index (κ1) is 18.7. The Morgan fingerprint density at radius 2 is 2.00 bits per heavy atom. The number of hydrogen-bond donors (Lipinski definition) is 1. The zero-order valence-electron chi connectivity index (χ0n) is 16.2. The summed E-state index contributed by atoms with van der Waals surface area (Å²) in [6.45, 7) is 4.11. The number of carboxylic acid groups (broad SMARTS) is 1. The first-order valence-corrected chi connectivity index (χ1v) is 9.31. The van der Waals surface area contributed by atoms with E-state index in [0.717, 1.165) is 16.8 Å². The first-order valence-electron chi connectivity index (χ1n) is 9.31. The number of pyridine rings is 1. The van der Waals surface area contributed by atoms with Gasteiger partial charge in [-0.25, -0.2) is 4.79 Å². The fourth-order valence-corrected chi connectivity index (χ4v) is 3.72. The highest BCUT2D eigenvalue weighted by Crippen LogP contribution is 2.38. The predicted octanol–water partition coefficient (Wildman–Crippen LogP) is 3.23. The summed E-state index contributed by atoms with van der Waals surface area (Å²) in [7, 11) is 0. The minimum absolute atomic E-state index is 0.111. The summed E-state index contributed by atoms with van der Waals surface area (Å²) < 4.78 is 1.79. The number of hydrogen-bond acceptors (Lipinski definition) is 4. The second kappa shape index (κ2) is 7.38. The minimum Gasteiger partial charge on any atom is -0.465 e. The maximum atomic E-state index is 12.1. The van der Waals surface area contributed by atoms with Crippen molar-refractivity contribution >= 4 is 23.4 Å². The summed E-state index contributed by atoms with van der Waals surface area (Å²) >= 11 is 0. The van der Waals surface area contributed by atoms with E-state index >= 15 is 0 Å². The minimum atomic E-state index is -1.04. The number of fused-ring (bicyclic) bond motifs is 1. The molecule has 0 aliphatic carbocycles. The van der Waals surface area contributed by atoms with Gasteiger partial charge in [-0.05, 0) is 36.8 Å². The molecule has 3 aromatic rings. The van der Waals surface area contributed by atoms with Crippen molar-refractivity contribution in [1.29, 1.82) is 0 Å². The Morgan fingerprint density at radius 3 is 2.69 bits per heavy atom. The Kier molecular flexibility index (Phi) is 4.75. The highest BCUT2D eigenvalue weighted by atomic mass is 16.4. The van der Waals surface area contributed by atoms with E-state index in [1.54, 1.807) is 34.1 Å². The third-order valence-electron chi connectivity index (χ3n) is 5.00. The van der Waals surface area contributed by atoms with Crippen LogP contribution in [-0.4, -0.2) is 44.5 Å². The van der Waals surface area contributed by atoms with Crippen molar-refractivity contribution in [3.63, 3.8) is 0 Å². The fourth-order valence-electron chi connectivity index (χ4n) is 3.72. The van der Waals surface area contributed by atoms with Gasteiger partial charge in [0.15, 0.2) is 0 Å². The molecule has 0 saturated heterocycles. The molecule has 0 spiro atoms. The molecule has 8 heteroatoms. The molecule has 0 bridgehead atoms. The van der Waals surface area contributed by atoms with Crippen molar-refractivity contribution in [2.45, 2.75) is 26.4 Å². The maximum absolute atomic E-state index is 12.1. The Labute approximate surface area is 168 Å². The average molecular weight is 391 g/mol. The lowest BCUT2D eigenvalue weighted by molar-refractivity contribution is -0.117. The summed E-state index contributed by atoms with van der Waals surface area (Å²) in [4.78, 5) is 31.2. The summed E-state index contributed by atoms with van der Waals surface area (Å²) in [5, 5.41) is 14.0. The van der Waals surface area contributed by atoms with Gasteiger partial charge in [-0.15, -0.1) is 0 Å². The molecule has 1 aliphatic heterocycles. The largest absolute Gasteiger partial charge is 0.465 e. The van der Waals surface area contributed by atoms with Crippen LogP contribution in [0.4, 0.5) is 16.2 Å². The van der Waals surface area contributed by atoms with E-state index in [1.165, 1.54) is 11.8 Å². The molecule has 0 fully saturated rings. The number of rotatable bonds is 3. The lowest BCUT2D eigenvalue weighted by Crippen LogP contribution is -2.51. The molecule has 1 N–H and O–H groups in total. The van der Waals surface area contributed by atoms with E-state index in [4.69, 9.17) is 0 Å². The SMILES string of the molecule is CC(=O)N1c2ccc(-c3cnn(Cc4ccccn4)c3)cc2N(C(=O)O)C[C@@H]1C. The number of aromatic nitrogens is 3. The summed E-state index contributed by atoms with van der Waals surface area (Å²) in [6, 6.07) is 11.0. The van der Waals surface area contributed by atoms with Crippen LogP contribution in [0, 0.1) is 0 Å². The fraction of sp³-hybridized carbons (Fsp3) is 0.238. The monoisotopic (exact) mass is 391 g/mol. The van der Waals surface area contributed by atoms with Gasteiger partial charge in [0, 0.05) is 31.4 Å². The van der Waals surface area contributed by atoms with Crippen molar-refractivity contribution < 1.29 is 14.7 Å². The predicted molar refractivity (Wildman–Crippen MR) is 109 cm³/mol. The van der Waals surface area contributed by atoms with Crippen LogP contribution in [0.2, 0.25) is 0 Å². The van der Waals surface area contributed by atoms with E-state index in [0.29, 0.717) is 17.9 Å². The summed E-state index contributed by atoms with van der Waals surface area (Å²) in [6.07, 6.45) is 4.34. The molecule has 1 aromatic carbocycles. The number of amides is 2. The summed E-state index contributed by atoms with van der Waals surface area (Å²) in [5.41, 5.74) is 3.70. The Balaban J connectivity index is 1.69. The zero-order chi connectivity index (χ0) is 20.5. The van der Waals surface area contributed by atoms with Crippen molar-refractivity contribution in [2.24, 2.45) is 0 Å². The van der Waals surface area contributed by atoms with E-state index < -0.39 is 6.09 Å². The Bertz CT molecular complexity index is 1060. The van der Waals surface area contributed by atoms with E-state index in [-0.39, 0.29) is 18.5 Å². The lowest BCUT2D eigenvalue weighted by atomic mass is 10.0. The van der Waals surface area contributed by atoms with Gasteiger partial charge >= 0.3 is 6.09 Å². The van der Waals surface area contributed by atoms with Crippen molar-refractivity contribution in [3.8, 4) is 11.1 Å². The third kappa shape index (κ3) is 3.56. The van der Waals surface area contributed by atoms with Crippen LogP contribution in [0.5, 0.6) is 0 Å². The van der Waals surface area contributed by atoms with Crippen molar-refractivity contribution in [3.05, 3.63) is 60.7 Å². The van der Waals surface area contributed by atoms with Crippen molar-refractivity contribution in [2.75, 3.05) is 16.3 Å². The van der Waals surface area contributed by atoms with Gasteiger partial charge in [-0.1, -0.05) is 12.1 Å². The quantitative estimate of drug-likeness (QED) is 0.740. The zero-order valence-corrected chi connectivity index (χ0v) is 16.2.